The summed E-state index contributed by atoms with van der Waals surface area (Å²) < 4.78 is 10.5. The van der Waals surface area contributed by atoms with Gasteiger partial charge < -0.3 is 19.1 Å². The predicted molar refractivity (Wildman–Crippen MR) is 70.3 cm³/mol. The molecule has 3 aromatic rings. The van der Waals surface area contributed by atoms with Crippen molar-refractivity contribution >= 4 is 18.4 Å². The van der Waals surface area contributed by atoms with E-state index >= 15 is 0 Å². The first-order valence-corrected chi connectivity index (χ1v) is 5.72. The summed E-state index contributed by atoms with van der Waals surface area (Å²) in [5.41, 5.74) is 1.96. The maximum absolute atomic E-state index is 8.90. The fraction of sp³-hybridized carbons (Fsp3) is 0. The van der Waals surface area contributed by atoms with Gasteiger partial charge in [-0.05, 0) is 24.3 Å². The van der Waals surface area contributed by atoms with Gasteiger partial charge in [-0.1, -0.05) is 24.3 Å². The van der Waals surface area contributed by atoms with Crippen LogP contribution in [0.1, 0.15) is 0 Å². The van der Waals surface area contributed by atoms with Crippen LogP contribution < -0.4 is 4.65 Å². The normalized spacial score (nSPS) is 10.6. The Bertz CT molecular complexity index is 677. The molecule has 0 spiro atoms. The lowest BCUT2D eigenvalue weighted by molar-refractivity contribution is 0.288. The van der Waals surface area contributed by atoms with Crippen LogP contribution in [-0.2, 0) is 0 Å². The Hall–Kier alpha value is -2.31. The average Bonchev–Trinajstić information content (AvgIpc) is 2.82. The summed E-state index contributed by atoms with van der Waals surface area (Å²) in [5, 5.41) is 17.8. The molecule has 0 aliphatic heterocycles. The number of fused-ring (bicyclic) bond motifs is 1. The van der Waals surface area contributed by atoms with E-state index in [0.717, 1.165) is 5.52 Å². The standard InChI is InChI=1S/C13H10BNO4/c16-14(17)19-11-7-3-1-5-9(11)13-15-10-6-2-4-8-12(10)18-13/h1-8,16-17H. The van der Waals surface area contributed by atoms with Crippen LogP contribution in [0.15, 0.2) is 52.9 Å². The van der Waals surface area contributed by atoms with Gasteiger partial charge in [0, 0.05) is 0 Å². The molecule has 0 aliphatic carbocycles. The lowest BCUT2D eigenvalue weighted by Gasteiger charge is -2.07. The lowest BCUT2D eigenvalue weighted by Crippen LogP contribution is -2.20. The molecular formula is C13H10BNO4. The number of hydrogen-bond donors (Lipinski definition) is 2. The zero-order valence-electron chi connectivity index (χ0n) is 9.85. The van der Waals surface area contributed by atoms with Crippen molar-refractivity contribution in [3.8, 4) is 17.2 Å². The molecule has 0 saturated heterocycles. The first-order valence-electron chi connectivity index (χ1n) is 5.72. The van der Waals surface area contributed by atoms with Gasteiger partial charge in [0.05, 0.1) is 5.56 Å². The molecule has 0 fully saturated rings. The highest BCUT2D eigenvalue weighted by Gasteiger charge is 2.17. The van der Waals surface area contributed by atoms with Crippen LogP contribution in [0.3, 0.4) is 0 Å². The summed E-state index contributed by atoms with van der Waals surface area (Å²) in [6, 6.07) is 14.3. The van der Waals surface area contributed by atoms with E-state index in [1.165, 1.54) is 0 Å². The molecule has 2 aromatic carbocycles. The Morgan fingerprint density at radius 1 is 1.00 bits per heavy atom. The molecule has 0 amide bonds. The molecule has 19 heavy (non-hydrogen) atoms. The molecule has 1 aromatic heterocycles. The van der Waals surface area contributed by atoms with Gasteiger partial charge in [0.2, 0.25) is 5.89 Å². The molecule has 0 aliphatic rings. The van der Waals surface area contributed by atoms with E-state index in [0.29, 0.717) is 22.8 Å². The molecule has 0 atom stereocenters. The van der Waals surface area contributed by atoms with Crippen LogP contribution in [0.5, 0.6) is 5.75 Å². The van der Waals surface area contributed by atoms with Crippen LogP contribution in [0, 0.1) is 0 Å². The van der Waals surface area contributed by atoms with E-state index in [4.69, 9.17) is 19.1 Å². The van der Waals surface area contributed by atoms with Crippen molar-refractivity contribution in [1.29, 1.82) is 0 Å². The van der Waals surface area contributed by atoms with Crippen molar-refractivity contribution in [2.75, 3.05) is 0 Å². The smallest absolute Gasteiger partial charge is 0.511 e. The Kier molecular flexibility index (Phi) is 2.95. The zero-order valence-corrected chi connectivity index (χ0v) is 9.85. The first-order chi connectivity index (χ1) is 9.24. The van der Waals surface area contributed by atoms with Crippen LogP contribution in [0.4, 0.5) is 0 Å². The van der Waals surface area contributed by atoms with Gasteiger partial charge in [0.1, 0.15) is 11.3 Å². The topological polar surface area (TPSA) is 75.7 Å². The molecule has 0 unspecified atom stereocenters. The largest absolute Gasteiger partial charge is 0.707 e. The minimum atomic E-state index is -1.88. The number of benzene rings is 2. The molecule has 1 heterocycles. The Morgan fingerprint density at radius 3 is 2.53 bits per heavy atom. The SMILES string of the molecule is OB(O)Oc1ccccc1-c1nc2ccccc2o1. The highest BCUT2D eigenvalue weighted by atomic mass is 16.6. The van der Waals surface area contributed by atoms with E-state index in [9.17, 15) is 0 Å². The molecule has 0 saturated carbocycles. The van der Waals surface area contributed by atoms with Crippen molar-refractivity contribution in [1.82, 2.24) is 4.98 Å². The number of rotatable bonds is 3. The molecule has 0 bridgehead atoms. The fourth-order valence-corrected chi connectivity index (χ4v) is 1.85. The Morgan fingerprint density at radius 2 is 1.74 bits per heavy atom. The monoisotopic (exact) mass is 255 g/mol. The summed E-state index contributed by atoms with van der Waals surface area (Å²) in [7, 11) is -1.88. The van der Waals surface area contributed by atoms with E-state index in [-0.39, 0.29) is 0 Å². The molecule has 3 rings (SSSR count). The van der Waals surface area contributed by atoms with E-state index < -0.39 is 7.32 Å². The van der Waals surface area contributed by atoms with Gasteiger partial charge in [-0.3, -0.25) is 0 Å². The third-order valence-electron chi connectivity index (χ3n) is 2.64. The van der Waals surface area contributed by atoms with E-state index in [2.05, 4.69) is 4.98 Å². The highest BCUT2D eigenvalue weighted by molar-refractivity contribution is 6.34. The lowest BCUT2D eigenvalue weighted by atomic mass is 10.1. The molecular weight excluding hydrogens is 245 g/mol. The average molecular weight is 255 g/mol. The molecule has 6 heteroatoms. The van der Waals surface area contributed by atoms with Gasteiger partial charge in [-0.2, -0.15) is 0 Å². The third-order valence-corrected chi connectivity index (χ3v) is 2.64. The van der Waals surface area contributed by atoms with Gasteiger partial charge >= 0.3 is 7.32 Å². The molecule has 0 radical (unpaired) electrons. The summed E-state index contributed by atoms with van der Waals surface area (Å²) in [4.78, 5) is 4.34. The number of aromatic nitrogens is 1. The van der Waals surface area contributed by atoms with Crippen molar-refractivity contribution in [3.63, 3.8) is 0 Å². The highest BCUT2D eigenvalue weighted by Crippen LogP contribution is 2.31. The minimum absolute atomic E-state index is 0.295. The van der Waals surface area contributed by atoms with Gasteiger partial charge in [0.25, 0.3) is 0 Å². The number of hydrogen-bond acceptors (Lipinski definition) is 5. The number of para-hydroxylation sites is 3. The summed E-state index contributed by atoms with van der Waals surface area (Å²) >= 11 is 0. The van der Waals surface area contributed by atoms with Crippen LogP contribution in [0.2, 0.25) is 0 Å². The van der Waals surface area contributed by atoms with Crippen molar-refractivity contribution in [3.05, 3.63) is 48.5 Å². The predicted octanol–water partition coefficient (Wildman–Crippen LogP) is 1.84. The minimum Gasteiger partial charge on any atom is -0.511 e. The van der Waals surface area contributed by atoms with Crippen LogP contribution in [0.25, 0.3) is 22.6 Å². The first kappa shape index (κ1) is 11.8. The van der Waals surface area contributed by atoms with E-state index in [1.54, 1.807) is 24.3 Å². The molecule has 2 N–H and O–H groups in total. The van der Waals surface area contributed by atoms with E-state index in [1.807, 2.05) is 24.3 Å². The summed E-state index contributed by atoms with van der Waals surface area (Å²) in [6.45, 7) is 0. The molecule has 5 nitrogen and oxygen atoms in total. The second kappa shape index (κ2) is 4.76. The van der Waals surface area contributed by atoms with Crippen molar-refractivity contribution in [2.45, 2.75) is 0 Å². The van der Waals surface area contributed by atoms with Crippen molar-refractivity contribution in [2.24, 2.45) is 0 Å². The maximum Gasteiger partial charge on any atom is 0.707 e. The van der Waals surface area contributed by atoms with Gasteiger partial charge in [-0.15, -0.1) is 0 Å². The number of nitrogens with zero attached hydrogens (tertiary/aromatic N) is 1. The number of oxazole rings is 1. The second-order valence-electron chi connectivity index (χ2n) is 3.93. The Labute approximate surface area is 109 Å². The Balaban J connectivity index is 2.10. The maximum atomic E-state index is 8.90. The van der Waals surface area contributed by atoms with Crippen LogP contribution >= 0.6 is 0 Å². The third kappa shape index (κ3) is 2.31. The second-order valence-corrected chi connectivity index (χ2v) is 3.93. The van der Waals surface area contributed by atoms with Gasteiger partial charge in [0.15, 0.2) is 5.58 Å². The van der Waals surface area contributed by atoms with Crippen molar-refractivity contribution < 1.29 is 19.1 Å². The summed E-state index contributed by atoms with van der Waals surface area (Å²) in [5.74, 6) is 0.668. The fourth-order valence-electron chi connectivity index (χ4n) is 1.85. The zero-order chi connectivity index (χ0) is 13.2. The quantitative estimate of drug-likeness (QED) is 0.698. The van der Waals surface area contributed by atoms with Gasteiger partial charge in [-0.25, -0.2) is 4.98 Å². The molecule has 94 valence electrons. The summed E-state index contributed by atoms with van der Waals surface area (Å²) in [6.07, 6.45) is 0. The van der Waals surface area contributed by atoms with Crippen LogP contribution in [-0.4, -0.2) is 22.4 Å².